The van der Waals surface area contributed by atoms with Crippen LogP contribution in [0.5, 0.6) is 0 Å². The van der Waals surface area contributed by atoms with Gasteiger partial charge in [0.25, 0.3) is 0 Å². The summed E-state index contributed by atoms with van der Waals surface area (Å²) in [5, 5.41) is 0. The van der Waals surface area contributed by atoms with E-state index in [1.54, 1.807) is 0 Å². The SMILES string of the molecule is CCCc1ncc(C[NH+]2CC=CC=C2C)c(N)n1. The molecular formula is C14H21N4+. The van der Waals surface area contributed by atoms with Crippen molar-refractivity contribution in [1.82, 2.24) is 9.97 Å². The van der Waals surface area contributed by atoms with Crippen LogP contribution < -0.4 is 10.6 Å². The quantitative estimate of drug-likeness (QED) is 0.827. The summed E-state index contributed by atoms with van der Waals surface area (Å²) >= 11 is 0. The number of rotatable bonds is 4. The highest BCUT2D eigenvalue weighted by molar-refractivity contribution is 5.37. The Labute approximate surface area is 108 Å². The number of anilines is 1. The first-order valence-corrected chi connectivity index (χ1v) is 6.49. The molecule has 1 aliphatic rings. The third-order valence-corrected chi connectivity index (χ3v) is 3.23. The highest BCUT2D eigenvalue weighted by Crippen LogP contribution is 2.07. The molecule has 1 aromatic heterocycles. The largest absolute Gasteiger partial charge is 0.383 e. The molecule has 0 fully saturated rings. The van der Waals surface area contributed by atoms with Crippen LogP contribution in [0, 0.1) is 0 Å². The van der Waals surface area contributed by atoms with Gasteiger partial charge in [0.2, 0.25) is 0 Å². The van der Waals surface area contributed by atoms with E-state index in [1.807, 2.05) is 6.20 Å². The number of nitrogens with two attached hydrogens (primary N) is 1. The molecule has 2 rings (SSSR count). The zero-order valence-corrected chi connectivity index (χ0v) is 11.1. The zero-order chi connectivity index (χ0) is 13.0. The maximum atomic E-state index is 6.01. The second-order valence-electron chi connectivity index (χ2n) is 4.71. The molecule has 1 atom stereocenters. The summed E-state index contributed by atoms with van der Waals surface area (Å²) in [6.45, 7) is 6.11. The topological polar surface area (TPSA) is 56.2 Å². The maximum absolute atomic E-state index is 6.01. The van der Waals surface area contributed by atoms with Crippen molar-refractivity contribution in [2.24, 2.45) is 0 Å². The first-order chi connectivity index (χ1) is 8.70. The van der Waals surface area contributed by atoms with E-state index in [2.05, 4.69) is 42.0 Å². The zero-order valence-electron chi connectivity index (χ0n) is 11.1. The van der Waals surface area contributed by atoms with Gasteiger partial charge in [-0.25, -0.2) is 9.97 Å². The van der Waals surface area contributed by atoms with Gasteiger partial charge >= 0.3 is 0 Å². The van der Waals surface area contributed by atoms with Gasteiger partial charge in [-0.1, -0.05) is 13.0 Å². The van der Waals surface area contributed by atoms with Crippen LogP contribution in [0.2, 0.25) is 0 Å². The van der Waals surface area contributed by atoms with E-state index < -0.39 is 0 Å². The minimum Gasteiger partial charge on any atom is -0.383 e. The van der Waals surface area contributed by atoms with Crippen LogP contribution in [0.1, 0.15) is 31.7 Å². The van der Waals surface area contributed by atoms with Crippen molar-refractivity contribution >= 4 is 5.82 Å². The van der Waals surface area contributed by atoms with Crippen molar-refractivity contribution in [2.75, 3.05) is 12.3 Å². The van der Waals surface area contributed by atoms with Gasteiger partial charge in [0, 0.05) is 19.5 Å². The summed E-state index contributed by atoms with van der Waals surface area (Å²) < 4.78 is 0. The minimum atomic E-state index is 0.628. The van der Waals surface area contributed by atoms with Crippen LogP contribution >= 0.6 is 0 Å². The first-order valence-electron chi connectivity index (χ1n) is 6.49. The number of allylic oxidation sites excluding steroid dienone is 3. The second kappa shape index (κ2) is 5.78. The van der Waals surface area contributed by atoms with Gasteiger partial charge in [-0.2, -0.15) is 0 Å². The summed E-state index contributed by atoms with van der Waals surface area (Å²) in [6, 6.07) is 0. The second-order valence-corrected chi connectivity index (χ2v) is 4.71. The maximum Gasteiger partial charge on any atom is 0.136 e. The standard InChI is InChI=1S/C14H20N4/c1-3-6-13-16-9-12(14(15)17-13)10-18-8-5-4-7-11(18)2/h4-5,7,9H,3,6,8,10H2,1-2H3,(H2,15,16,17)/p+1. The lowest BCUT2D eigenvalue weighted by Gasteiger charge is -2.20. The number of aromatic nitrogens is 2. The van der Waals surface area contributed by atoms with Crippen molar-refractivity contribution < 1.29 is 4.90 Å². The Morgan fingerprint density at radius 3 is 2.94 bits per heavy atom. The Bertz CT molecular complexity index is 477. The molecule has 0 aliphatic carbocycles. The van der Waals surface area contributed by atoms with Crippen molar-refractivity contribution in [3.8, 4) is 0 Å². The van der Waals surface area contributed by atoms with Gasteiger partial charge in [0.15, 0.2) is 0 Å². The molecule has 1 aliphatic heterocycles. The van der Waals surface area contributed by atoms with Crippen molar-refractivity contribution in [3.63, 3.8) is 0 Å². The minimum absolute atomic E-state index is 0.628. The lowest BCUT2D eigenvalue weighted by molar-refractivity contribution is -0.869. The van der Waals surface area contributed by atoms with Gasteiger partial charge in [0.05, 0.1) is 5.56 Å². The van der Waals surface area contributed by atoms with Crippen LogP contribution in [0.25, 0.3) is 0 Å². The Morgan fingerprint density at radius 2 is 2.28 bits per heavy atom. The number of nitrogens with zero attached hydrogens (tertiary/aromatic N) is 2. The van der Waals surface area contributed by atoms with E-state index >= 15 is 0 Å². The summed E-state index contributed by atoms with van der Waals surface area (Å²) in [4.78, 5) is 10.1. The van der Waals surface area contributed by atoms with Gasteiger partial charge in [-0.05, 0) is 18.6 Å². The number of hydrogen-bond acceptors (Lipinski definition) is 3. The molecule has 1 aromatic rings. The predicted octanol–water partition coefficient (Wildman–Crippen LogP) is 0.870. The van der Waals surface area contributed by atoms with Crippen LogP contribution in [0.3, 0.4) is 0 Å². The highest BCUT2D eigenvalue weighted by atomic mass is 15.1. The molecular weight excluding hydrogens is 224 g/mol. The summed E-state index contributed by atoms with van der Waals surface area (Å²) in [6.07, 6.45) is 10.2. The van der Waals surface area contributed by atoms with Gasteiger partial charge < -0.3 is 5.73 Å². The van der Waals surface area contributed by atoms with Crippen molar-refractivity contribution in [2.45, 2.75) is 33.2 Å². The molecule has 18 heavy (non-hydrogen) atoms. The van der Waals surface area contributed by atoms with Crippen molar-refractivity contribution in [3.05, 3.63) is 41.5 Å². The highest BCUT2D eigenvalue weighted by Gasteiger charge is 2.15. The van der Waals surface area contributed by atoms with Crippen LogP contribution in [0.4, 0.5) is 5.82 Å². The molecule has 0 radical (unpaired) electrons. The fourth-order valence-corrected chi connectivity index (χ4v) is 2.08. The van der Waals surface area contributed by atoms with E-state index in [0.717, 1.165) is 37.3 Å². The fraction of sp³-hybridized carbons (Fsp3) is 0.429. The fourth-order valence-electron chi connectivity index (χ4n) is 2.08. The number of nitrogen functional groups attached to an aromatic ring is 1. The third-order valence-electron chi connectivity index (χ3n) is 3.23. The van der Waals surface area contributed by atoms with Crippen LogP contribution in [-0.4, -0.2) is 16.5 Å². The summed E-state index contributed by atoms with van der Waals surface area (Å²) in [5.74, 6) is 1.47. The third kappa shape index (κ3) is 2.96. The number of hydrogen-bond donors (Lipinski definition) is 2. The van der Waals surface area contributed by atoms with E-state index in [9.17, 15) is 0 Å². The summed E-state index contributed by atoms with van der Waals surface area (Å²) in [5.41, 5.74) is 8.38. The average molecular weight is 245 g/mol. The molecule has 0 saturated heterocycles. The smallest absolute Gasteiger partial charge is 0.136 e. The normalized spacial score (nSPS) is 18.8. The first kappa shape index (κ1) is 12.8. The molecule has 0 bridgehead atoms. The lowest BCUT2D eigenvalue weighted by atomic mass is 10.2. The molecule has 1 unspecified atom stereocenters. The van der Waals surface area contributed by atoms with Gasteiger partial charge in [-0.3, -0.25) is 4.90 Å². The van der Waals surface area contributed by atoms with E-state index in [1.165, 1.54) is 10.6 Å². The molecule has 0 amide bonds. The van der Waals surface area contributed by atoms with Crippen molar-refractivity contribution in [1.29, 1.82) is 0 Å². The Kier molecular flexibility index (Phi) is 4.10. The lowest BCUT2D eigenvalue weighted by Crippen LogP contribution is -3.08. The Morgan fingerprint density at radius 1 is 1.44 bits per heavy atom. The van der Waals surface area contributed by atoms with Crippen LogP contribution in [0.15, 0.2) is 30.1 Å². The average Bonchev–Trinajstić information content (AvgIpc) is 2.35. The predicted molar refractivity (Wildman–Crippen MR) is 72.9 cm³/mol. The van der Waals surface area contributed by atoms with E-state index in [-0.39, 0.29) is 0 Å². The number of aryl methyl sites for hydroxylation is 1. The Balaban J connectivity index is 2.10. The molecule has 3 N–H and O–H groups in total. The van der Waals surface area contributed by atoms with E-state index in [4.69, 9.17) is 5.73 Å². The van der Waals surface area contributed by atoms with Gasteiger partial charge in [-0.15, -0.1) is 0 Å². The molecule has 96 valence electrons. The van der Waals surface area contributed by atoms with Crippen LogP contribution in [-0.2, 0) is 13.0 Å². The monoisotopic (exact) mass is 245 g/mol. The molecule has 4 nitrogen and oxygen atoms in total. The summed E-state index contributed by atoms with van der Waals surface area (Å²) in [7, 11) is 0. The number of quaternary nitrogens is 1. The van der Waals surface area contributed by atoms with E-state index in [0.29, 0.717) is 5.82 Å². The van der Waals surface area contributed by atoms with Gasteiger partial charge in [0.1, 0.15) is 30.4 Å². The number of nitrogens with one attached hydrogen (secondary N) is 1. The molecule has 0 saturated carbocycles. The Hall–Kier alpha value is -1.68. The molecule has 2 heterocycles. The molecule has 0 aromatic carbocycles. The molecule has 4 heteroatoms. The molecule has 0 spiro atoms.